The molecule has 1 N–H and O–H groups in total. The number of nitrogens with one attached hydrogen (secondary N) is 1. The zero-order valence-electron chi connectivity index (χ0n) is 14.5. The van der Waals surface area contributed by atoms with Gasteiger partial charge in [-0.05, 0) is 55.7 Å². The minimum Gasteiger partial charge on any atom is -0.378 e. The molecule has 2 aromatic carbocycles. The molecule has 0 amide bonds. The smallest absolute Gasteiger partial charge is 0.168 e. The second-order valence-corrected chi connectivity index (χ2v) is 7.60. The number of anilines is 1. The maximum atomic E-state index is 13.1. The number of aryl methyl sites for hydroxylation is 1. The average Bonchev–Trinajstić information content (AvgIpc) is 3.38. The highest BCUT2D eigenvalue weighted by molar-refractivity contribution is 6.04. The SMILES string of the molecule is Cc1cccc([C@H]2CC(C)C(=O)c3c(CC4CC4)cccc3N2)c1. The van der Waals surface area contributed by atoms with Crippen molar-refractivity contribution in [2.24, 2.45) is 11.8 Å². The third-order valence-corrected chi connectivity index (χ3v) is 5.41. The number of hydrogen-bond donors (Lipinski definition) is 1. The van der Waals surface area contributed by atoms with E-state index < -0.39 is 0 Å². The van der Waals surface area contributed by atoms with Crippen LogP contribution in [-0.2, 0) is 6.42 Å². The highest BCUT2D eigenvalue weighted by Crippen LogP contribution is 2.39. The van der Waals surface area contributed by atoms with Crippen LogP contribution in [0.4, 0.5) is 5.69 Å². The number of carbonyl (C=O) groups is 1. The molecule has 0 aromatic heterocycles. The summed E-state index contributed by atoms with van der Waals surface area (Å²) in [4.78, 5) is 13.1. The average molecular weight is 319 g/mol. The van der Waals surface area contributed by atoms with Gasteiger partial charge in [0.2, 0.25) is 0 Å². The maximum absolute atomic E-state index is 13.1. The molecular weight excluding hydrogens is 294 g/mol. The predicted octanol–water partition coefficient (Wildman–Crippen LogP) is 5.32. The second-order valence-electron chi connectivity index (χ2n) is 7.60. The summed E-state index contributed by atoms with van der Waals surface area (Å²) in [6.45, 7) is 4.20. The molecule has 0 radical (unpaired) electrons. The van der Waals surface area contributed by atoms with E-state index in [0.29, 0.717) is 5.78 Å². The van der Waals surface area contributed by atoms with Gasteiger partial charge in [0, 0.05) is 17.2 Å². The van der Waals surface area contributed by atoms with E-state index in [2.05, 4.69) is 61.6 Å². The van der Waals surface area contributed by atoms with Gasteiger partial charge in [-0.3, -0.25) is 4.79 Å². The van der Waals surface area contributed by atoms with Gasteiger partial charge < -0.3 is 5.32 Å². The standard InChI is InChI=1S/C22H25NO/c1-14-5-3-6-17(11-14)20-12-15(2)22(24)21-18(13-16-9-10-16)7-4-8-19(21)23-20/h3-8,11,15-16,20,23H,9-10,12-13H2,1-2H3/t15?,20-/m1/s1. The number of Topliss-reactive ketones (excluding diaryl/α,β-unsaturated/α-hetero) is 1. The third-order valence-electron chi connectivity index (χ3n) is 5.41. The number of ketones is 1. The summed E-state index contributed by atoms with van der Waals surface area (Å²) < 4.78 is 0. The van der Waals surface area contributed by atoms with Crippen LogP contribution < -0.4 is 5.32 Å². The first-order chi connectivity index (χ1) is 11.6. The van der Waals surface area contributed by atoms with E-state index in [4.69, 9.17) is 0 Å². The van der Waals surface area contributed by atoms with Crippen molar-refractivity contribution in [1.82, 2.24) is 0 Å². The van der Waals surface area contributed by atoms with Crippen LogP contribution in [0.2, 0.25) is 0 Å². The zero-order valence-corrected chi connectivity index (χ0v) is 14.5. The fraction of sp³-hybridized carbons (Fsp3) is 0.409. The molecule has 1 fully saturated rings. The van der Waals surface area contributed by atoms with Crippen LogP contribution in [0.3, 0.4) is 0 Å². The van der Waals surface area contributed by atoms with Crippen LogP contribution in [0.25, 0.3) is 0 Å². The second kappa shape index (κ2) is 6.08. The lowest BCUT2D eigenvalue weighted by atomic mass is 9.89. The molecule has 1 aliphatic carbocycles. The molecule has 0 bridgehead atoms. The molecule has 2 nitrogen and oxygen atoms in total. The summed E-state index contributed by atoms with van der Waals surface area (Å²) in [5, 5.41) is 3.68. The molecule has 2 aliphatic rings. The lowest BCUT2D eigenvalue weighted by Gasteiger charge is -2.20. The van der Waals surface area contributed by atoms with Gasteiger partial charge in [-0.2, -0.15) is 0 Å². The molecule has 0 saturated heterocycles. The summed E-state index contributed by atoms with van der Waals surface area (Å²) in [6, 6.07) is 15.1. The Bertz CT molecular complexity index is 775. The molecule has 1 aliphatic heterocycles. The monoisotopic (exact) mass is 319 g/mol. The maximum Gasteiger partial charge on any atom is 0.168 e. The Labute approximate surface area is 144 Å². The molecule has 1 unspecified atom stereocenters. The Kier molecular flexibility index (Phi) is 3.91. The highest BCUT2D eigenvalue weighted by Gasteiger charge is 2.31. The lowest BCUT2D eigenvalue weighted by Crippen LogP contribution is -2.14. The first-order valence-electron chi connectivity index (χ1n) is 9.11. The molecule has 2 aromatic rings. The predicted molar refractivity (Wildman–Crippen MR) is 98.5 cm³/mol. The van der Waals surface area contributed by atoms with Crippen molar-refractivity contribution in [1.29, 1.82) is 0 Å². The largest absolute Gasteiger partial charge is 0.378 e. The fourth-order valence-electron chi connectivity index (χ4n) is 3.87. The molecule has 24 heavy (non-hydrogen) atoms. The van der Waals surface area contributed by atoms with Gasteiger partial charge in [-0.25, -0.2) is 0 Å². The first-order valence-corrected chi connectivity index (χ1v) is 9.11. The summed E-state index contributed by atoms with van der Waals surface area (Å²) >= 11 is 0. The molecule has 4 rings (SSSR count). The topological polar surface area (TPSA) is 29.1 Å². The fourth-order valence-corrected chi connectivity index (χ4v) is 3.87. The quantitative estimate of drug-likeness (QED) is 0.829. The Balaban J connectivity index is 1.73. The molecule has 0 spiro atoms. The van der Waals surface area contributed by atoms with Gasteiger partial charge in [-0.1, -0.05) is 48.9 Å². The number of fused-ring (bicyclic) bond motifs is 1. The molecule has 2 heteroatoms. The van der Waals surface area contributed by atoms with Gasteiger partial charge in [0.25, 0.3) is 0 Å². The summed E-state index contributed by atoms with van der Waals surface area (Å²) in [6.07, 6.45) is 4.53. The number of carbonyl (C=O) groups excluding carboxylic acids is 1. The van der Waals surface area contributed by atoms with E-state index >= 15 is 0 Å². The van der Waals surface area contributed by atoms with Crippen molar-refractivity contribution < 1.29 is 4.79 Å². The summed E-state index contributed by atoms with van der Waals surface area (Å²) in [7, 11) is 0. The van der Waals surface area contributed by atoms with E-state index in [1.54, 1.807) is 0 Å². The van der Waals surface area contributed by atoms with E-state index in [1.165, 1.54) is 29.5 Å². The number of hydrogen-bond acceptors (Lipinski definition) is 2. The van der Waals surface area contributed by atoms with E-state index in [0.717, 1.165) is 30.0 Å². The third kappa shape index (κ3) is 2.98. The van der Waals surface area contributed by atoms with Gasteiger partial charge in [0.1, 0.15) is 0 Å². The van der Waals surface area contributed by atoms with E-state index in [-0.39, 0.29) is 12.0 Å². The molecule has 2 atom stereocenters. The normalized spacial score (nSPS) is 23.3. The Morgan fingerprint density at radius 2 is 1.92 bits per heavy atom. The van der Waals surface area contributed by atoms with Crippen LogP contribution >= 0.6 is 0 Å². The highest BCUT2D eigenvalue weighted by atomic mass is 16.1. The van der Waals surface area contributed by atoms with Crippen molar-refractivity contribution in [3.05, 3.63) is 64.7 Å². The van der Waals surface area contributed by atoms with Gasteiger partial charge in [-0.15, -0.1) is 0 Å². The van der Waals surface area contributed by atoms with Gasteiger partial charge in [0.15, 0.2) is 5.78 Å². The zero-order chi connectivity index (χ0) is 16.7. The van der Waals surface area contributed by atoms with Crippen molar-refractivity contribution in [2.75, 3.05) is 5.32 Å². The van der Waals surface area contributed by atoms with Crippen LogP contribution in [0.5, 0.6) is 0 Å². The van der Waals surface area contributed by atoms with Crippen molar-refractivity contribution >= 4 is 11.5 Å². The molecule has 124 valence electrons. The van der Waals surface area contributed by atoms with Crippen LogP contribution in [-0.4, -0.2) is 5.78 Å². The van der Waals surface area contributed by atoms with Crippen molar-refractivity contribution in [2.45, 2.75) is 45.6 Å². The molecule has 1 heterocycles. The van der Waals surface area contributed by atoms with Crippen LogP contribution in [0.15, 0.2) is 42.5 Å². The number of rotatable bonds is 3. The van der Waals surface area contributed by atoms with E-state index in [9.17, 15) is 4.79 Å². The summed E-state index contributed by atoms with van der Waals surface area (Å²) in [5.74, 6) is 1.14. The Morgan fingerprint density at radius 1 is 1.12 bits per heavy atom. The van der Waals surface area contributed by atoms with Crippen molar-refractivity contribution in [3.63, 3.8) is 0 Å². The van der Waals surface area contributed by atoms with Gasteiger partial charge in [0.05, 0.1) is 6.04 Å². The molecule has 1 saturated carbocycles. The first kappa shape index (κ1) is 15.4. The Morgan fingerprint density at radius 3 is 2.67 bits per heavy atom. The van der Waals surface area contributed by atoms with Gasteiger partial charge >= 0.3 is 0 Å². The van der Waals surface area contributed by atoms with E-state index in [1.807, 2.05) is 0 Å². The minimum atomic E-state index is 0.0459. The number of benzene rings is 2. The lowest BCUT2D eigenvalue weighted by molar-refractivity contribution is 0.0924. The van der Waals surface area contributed by atoms with Crippen LogP contribution in [0, 0.1) is 18.8 Å². The molecular formula is C22H25NO. The van der Waals surface area contributed by atoms with Crippen LogP contribution in [0.1, 0.15) is 59.3 Å². The Hall–Kier alpha value is -2.09. The summed E-state index contributed by atoms with van der Waals surface area (Å²) in [5.41, 5.74) is 5.75. The minimum absolute atomic E-state index is 0.0459. The van der Waals surface area contributed by atoms with Crippen molar-refractivity contribution in [3.8, 4) is 0 Å².